The number of aromatic nitrogens is 1. The van der Waals surface area contributed by atoms with Crippen LogP contribution >= 0.6 is 11.3 Å². The van der Waals surface area contributed by atoms with Gasteiger partial charge < -0.3 is 10.5 Å². The van der Waals surface area contributed by atoms with E-state index in [1.807, 2.05) is 13.8 Å². The molecule has 4 heteroatoms. The normalized spacial score (nSPS) is 22.2. The van der Waals surface area contributed by atoms with E-state index in [-0.39, 0.29) is 16.7 Å². The number of hydrogen-bond donors (Lipinski definition) is 1. The monoisotopic (exact) mass is 240 g/mol. The van der Waals surface area contributed by atoms with Gasteiger partial charge in [0.05, 0.1) is 21.7 Å². The van der Waals surface area contributed by atoms with Gasteiger partial charge in [-0.25, -0.2) is 4.98 Å². The second-order valence-corrected chi connectivity index (χ2v) is 7.04. The second kappa shape index (κ2) is 3.06. The van der Waals surface area contributed by atoms with E-state index in [4.69, 9.17) is 10.5 Å². The van der Waals surface area contributed by atoms with Gasteiger partial charge in [0.2, 0.25) is 0 Å². The van der Waals surface area contributed by atoms with Crippen LogP contribution in [-0.4, -0.2) is 4.98 Å². The van der Waals surface area contributed by atoms with Gasteiger partial charge in [0.25, 0.3) is 0 Å². The smallest absolute Gasteiger partial charge is 0.113 e. The molecule has 0 atom stereocenters. The van der Waals surface area contributed by atoms with Gasteiger partial charge in [-0.1, -0.05) is 0 Å². The molecule has 2 heterocycles. The molecule has 1 aromatic heterocycles. The maximum Gasteiger partial charge on any atom is 0.113 e. The lowest BCUT2D eigenvalue weighted by Gasteiger charge is -2.25. The Hall–Kier alpha value is -0.450. The molecule has 0 spiro atoms. The van der Waals surface area contributed by atoms with Crippen molar-refractivity contribution in [3.63, 3.8) is 0 Å². The molecule has 0 aromatic carbocycles. The highest BCUT2D eigenvalue weighted by Crippen LogP contribution is 2.49. The summed E-state index contributed by atoms with van der Waals surface area (Å²) in [6.45, 7) is 12.3. The molecule has 1 aliphatic rings. The van der Waals surface area contributed by atoms with E-state index in [1.54, 1.807) is 11.3 Å². The Labute approximate surface area is 101 Å². The minimum atomic E-state index is -0.374. The zero-order valence-electron chi connectivity index (χ0n) is 10.8. The maximum atomic E-state index is 6.10. The van der Waals surface area contributed by atoms with Crippen molar-refractivity contribution in [1.82, 2.24) is 4.98 Å². The van der Waals surface area contributed by atoms with Crippen LogP contribution in [0.2, 0.25) is 0 Å². The average Bonchev–Trinajstić information content (AvgIpc) is 2.49. The van der Waals surface area contributed by atoms with E-state index in [9.17, 15) is 0 Å². The number of fused-ring (bicyclic) bond motifs is 1. The Morgan fingerprint density at radius 1 is 1.19 bits per heavy atom. The molecule has 3 nitrogen and oxygen atoms in total. The number of nitrogens with two attached hydrogens (primary N) is 1. The van der Waals surface area contributed by atoms with Crippen molar-refractivity contribution in [2.24, 2.45) is 5.73 Å². The third-order valence-corrected chi connectivity index (χ3v) is 4.51. The lowest BCUT2D eigenvalue weighted by molar-refractivity contribution is -0.105. The second-order valence-electron chi connectivity index (χ2n) is 6.04. The Balaban J connectivity index is 2.58. The summed E-state index contributed by atoms with van der Waals surface area (Å²) >= 11 is 1.68. The zero-order valence-corrected chi connectivity index (χ0v) is 11.7. The minimum Gasteiger partial charge on any atom is -0.358 e. The molecule has 0 unspecified atom stereocenters. The summed E-state index contributed by atoms with van der Waals surface area (Å²) < 4.78 is 6.02. The van der Waals surface area contributed by atoms with Crippen LogP contribution in [0, 0.1) is 0 Å². The van der Waals surface area contributed by atoms with Crippen molar-refractivity contribution in [3.8, 4) is 0 Å². The standard InChI is InChI=1S/C12H20N2OS/c1-10(2,13)9-14-7-8(16-9)12(5,6)15-11(7,3)4/h13H2,1-6H3. The molecule has 1 aliphatic heterocycles. The van der Waals surface area contributed by atoms with Crippen molar-refractivity contribution in [1.29, 1.82) is 0 Å². The molecule has 2 N–H and O–H groups in total. The summed E-state index contributed by atoms with van der Waals surface area (Å²) in [5, 5.41) is 0.988. The lowest BCUT2D eigenvalue weighted by Crippen LogP contribution is -2.30. The van der Waals surface area contributed by atoms with Crippen molar-refractivity contribution in [2.45, 2.75) is 58.3 Å². The van der Waals surface area contributed by atoms with Gasteiger partial charge in [-0.3, -0.25) is 0 Å². The summed E-state index contributed by atoms with van der Waals surface area (Å²) in [6, 6.07) is 0. The molecule has 90 valence electrons. The summed E-state index contributed by atoms with van der Waals surface area (Å²) in [5.74, 6) is 0. The van der Waals surface area contributed by atoms with Crippen molar-refractivity contribution >= 4 is 11.3 Å². The molecule has 0 fully saturated rings. The molecule has 2 rings (SSSR count). The van der Waals surface area contributed by atoms with E-state index >= 15 is 0 Å². The van der Waals surface area contributed by atoms with Crippen LogP contribution in [0.15, 0.2) is 0 Å². The molecule has 0 bridgehead atoms. The number of rotatable bonds is 1. The van der Waals surface area contributed by atoms with Gasteiger partial charge in [0.15, 0.2) is 0 Å². The summed E-state index contributed by atoms with van der Waals surface area (Å²) in [7, 11) is 0. The molecule has 0 saturated carbocycles. The van der Waals surface area contributed by atoms with Crippen molar-refractivity contribution in [2.75, 3.05) is 0 Å². The largest absolute Gasteiger partial charge is 0.358 e. The Morgan fingerprint density at radius 2 is 1.75 bits per heavy atom. The Bertz CT molecular complexity index is 395. The molecule has 0 radical (unpaired) electrons. The van der Waals surface area contributed by atoms with Gasteiger partial charge in [-0.05, 0) is 41.5 Å². The summed E-state index contributed by atoms with van der Waals surface area (Å²) in [4.78, 5) is 5.89. The molecule has 1 aromatic rings. The van der Waals surface area contributed by atoms with Crippen LogP contribution in [0.5, 0.6) is 0 Å². The SMILES string of the molecule is CC(C)(N)c1nc2c(s1)C(C)(C)OC2(C)C. The number of nitrogens with zero attached hydrogens (tertiary/aromatic N) is 1. The highest BCUT2D eigenvalue weighted by atomic mass is 32.1. The van der Waals surface area contributed by atoms with Gasteiger partial charge in [-0.15, -0.1) is 11.3 Å². The predicted molar refractivity (Wildman–Crippen MR) is 66.5 cm³/mol. The maximum absolute atomic E-state index is 6.10. The quantitative estimate of drug-likeness (QED) is 0.821. The van der Waals surface area contributed by atoms with Crippen LogP contribution in [0.3, 0.4) is 0 Å². The van der Waals surface area contributed by atoms with E-state index < -0.39 is 0 Å². The first-order chi connectivity index (χ1) is 7.04. The van der Waals surface area contributed by atoms with Crippen LogP contribution in [0.4, 0.5) is 0 Å². The van der Waals surface area contributed by atoms with Gasteiger partial charge in [0, 0.05) is 0 Å². The third-order valence-electron chi connectivity index (χ3n) is 2.81. The first-order valence-corrected chi connectivity index (χ1v) is 6.37. The van der Waals surface area contributed by atoms with Crippen LogP contribution in [0.1, 0.15) is 57.1 Å². The van der Waals surface area contributed by atoms with Gasteiger partial charge >= 0.3 is 0 Å². The lowest BCUT2D eigenvalue weighted by atomic mass is 10.0. The molecular weight excluding hydrogens is 220 g/mol. The van der Waals surface area contributed by atoms with Crippen LogP contribution in [0.25, 0.3) is 0 Å². The Kier molecular flexibility index (Phi) is 2.30. The number of thiazole rings is 1. The van der Waals surface area contributed by atoms with Crippen LogP contribution < -0.4 is 5.73 Å². The first-order valence-electron chi connectivity index (χ1n) is 5.55. The van der Waals surface area contributed by atoms with E-state index in [1.165, 1.54) is 4.88 Å². The average molecular weight is 240 g/mol. The summed E-state index contributed by atoms with van der Waals surface area (Å²) in [5.41, 5.74) is 6.22. The fourth-order valence-corrected chi connectivity index (χ4v) is 3.41. The minimum absolute atomic E-state index is 0.250. The molecule has 16 heavy (non-hydrogen) atoms. The topological polar surface area (TPSA) is 48.1 Å². The van der Waals surface area contributed by atoms with Crippen molar-refractivity contribution < 1.29 is 4.74 Å². The first kappa shape index (κ1) is 12.0. The van der Waals surface area contributed by atoms with E-state index in [0.29, 0.717) is 0 Å². The molecule has 0 amide bonds. The number of hydrogen-bond acceptors (Lipinski definition) is 4. The third kappa shape index (κ3) is 1.69. The summed E-state index contributed by atoms with van der Waals surface area (Å²) in [6.07, 6.45) is 0. The predicted octanol–water partition coefficient (Wildman–Crippen LogP) is 2.84. The fraction of sp³-hybridized carbons (Fsp3) is 0.750. The van der Waals surface area contributed by atoms with Gasteiger partial charge in [-0.2, -0.15) is 0 Å². The van der Waals surface area contributed by atoms with Crippen LogP contribution in [-0.2, 0) is 21.5 Å². The van der Waals surface area contributed by atoms with E-state index in [0.717, 1.165) is 10.7 Å². The molecular formula is C12H20N2OS. The highest BCUT2D eigenvalue weighted by molar-refractivity contribution is 7.12. The Morgan fingerprint density at radius 3 is 2.19 bits per heavy atom. The van der Waals surface area contributed by atoms with Crippen molar-refractivity contribution in [3.05, 3.63) is 15.6 Å². The number of ether oxygens (including phenoxy) is 1. The van der Waals surface area contributed by atoms with Gasteiger partial charge in [0.1, 0.15) is 10.6 Å². The molecule has 0 saturated heterocycles. The highest BCUT2D eigenvalue weighted by Gasteiger charge is 2.47. The zero-order chi connectivity index (χ0) is 12.4. The molecule has 0 aliphatic carbocycles. The van der Waals surface area contributed by atoms with E-state index in [2.05, 4.69) is 32.7 Å². The fourth-order valence-electron chi connectivity index (χ4n) is 2.14.